The maximum atomic E-state index is 13.2. The first-order valence-electron chi connectivity index (χ1n) is 14.2. The second-order valence-corrected chi connectivity index (χ2v) is 10.8. The molecule has 0 radical (unpaired) electrons. The van der Waals surface area contributed by atoms with Crippen molar-refractivity contribution in [3.63, 3.8) is 0 Å². The average molecular weight is 651 g/mol. The minimum atomic E-state index is -2.37. The molecule has 0 aromatic heterocycles. The quantitative estimate of drug-likeness (QED) is 0.101. The lowest BCUT2D eigenvalue weighted by Crippen LogP contribution is -2.65. The van der Waals surface area contributed by atoms with Crippen LogP contribution in [0.1, 0.15) is 33.1 Å². The largest absolute Gasteiger partial charge is 0.465 e. The van der Waals surface area contributed by atoms with Crippen LogP contribution in [0.4, 0.5) is 9.59 Å². The summed E-state index contributed by atoms with van der Waals surface area (Å²) in [5.74, 6) is -7.11. The second-order valence-electron chi connectivity index (χ2n) is 10.8. The Morgan fingerprint density at radius 3 is 2.02 bits per heavy atom. The second kappa shape index (κ2) is 14.0. The fraction of sp³-hybridized carbons (Fsp3) is 0.808. The van der Waals surface area contributed by atoms with Gasteiger partial charge in [-0.05, 0) is 6.92 Å². The summed E-state index contributed by atoms with van der Waals surface area (Å²) in [5, 5.41) is 35.3. The van der Waals surface area contributed by atoms with Crippen LogP contribution in [0.3, 0.4) is 0 Å². The molecule has 4 heterocycles. The van der Waals surface area contributed by atoms with Gasteiger partial charge in [0.05, 0.1) is 58.5 Å². The van der Waals surface area contributed by atoms with Gasteiger partial charge in [0, 0.05) is 20.0 Å². The third-order valence-corrected chi connectivity index (χ3v) is 7.87. The molecule has 0 aliphatic carbocycles. The van der Waals surface area contributed by atoms with E-state index >= 15 is 0 Å². The third kappa shape index (κ3) is 7.08. The molecule has 0 aromatic carbocycles. The van der Waals surface area contributed by atoms with Crippen molar-refractivity contribution in [2.24, 2.45) is 0 Å². The molecule has 19 nitrogen and oxygen atoms in total. The van der Waals surface area contributed by atoms with E-state index in [0.717, 1.165) is 21.1 Å². The Labute approximate surface area is 256 Å². The summed E-state index contributed by atoms with van der Waals surface area (Å²) in [5.41, 5.74) is 0. The number of nitrogens with one attached hydrogen (secondary N) is 2. The number of amides is 2. The summed E-state index contributed by atoms with van der Waals surface area (Å²) < 4.78 is 49.3. The van der Waals surface area contributed by atoms with Crippen molar-refractivity contribution in [1.29, 1.82) is 0 Å². The van der Waals surface area contributed by atoms with Crippen LogP contribution in [0.2, 0.25) is 0 Å². The SMILES string of the molecule is CCOC1(C(=O)OC)C[C@H]2OC(=O)NC2C(C[C@@H](COC2(C(=O)OC)C[C@H]3OC(=O)NC3C([C@H](O)[C@H](O)CO)O2)OC(C)=O)O1. The van der Waals surface area contributed by atoms with Crippen molar-refractivity contribution >= 4 is 30.1 Å². The van der Waals surface area contributed by atoms with Crippen molar-refractivity contribution in [2.75, 3.05) is 34.0 Å². The predicted molar refractivity (Wildman–Crippen MR) is 140 cm³/mol. The highest BCUT2D eigenvalue weighted by Gasteiger charge is 2.61. The van der Waals surface area contributed by atoms with Crippen LogP contribution in [0.15, 0.2) is 0 Å². The molecule has 0 saturated carbocycles. The molecule has 0 spiro atoms. The number of rotatable bonds is 13. The summed E-state index contributed by atoms with van der Waals surface area (Å²) >= 11 is 0. The molecular formula is C26H38N2O17. The standard InChI is InChI=1S/C26H38N2O17/c1-5-39-25(21(33)37-3)7-15-17(27-23(35)42-15)14(44-25)6-12(41-11(2)30)10-40-26(22(34)38-4)8-16-18(28-24(36)43-16)20(45-26)19(32)13(31)9-29/h12-20,29,31-32H,5-10H2,1-4H3,(H,27,35)(H,28,36)/t12-,13+,14?,15+,16+,17?,18?,19+,20?,25?,26?/m0/s1. The molecule has 45 heavy (non-hydrogen) atoms. The van der Waals surface area contributed by atoms with Gasteiger partial charge >= 0.3 is 30.1 Å². The molecular weight excluding hydrogens is 612 g/mol. The molecule has 0 bridgehead atoms. The highest BCUT2D eigenvalue weighted by molar-refractivity contribution is 5.79. The van der Waals surface area contributed by atoms with Gasteiger partial charge in [-0.3, -0.25) is 4.79 Å². The Hall–Kier alpha value is -3.33. The lowest BCUT2D eigenvalue weighted by molar-refractivity contribution is -0.314. The van der Waals surface area contributed by atoms with Gasteiger partial charge in [0.25, 0.3) is 11.6 Å². The normalized spacial score (nSPS) is 35.7. The Balaban J connectivity index is 1.61. The Morgan fingerprint density at radius 2 is 1.49 bits per heavy atom. The molecule has 4 aliphatic heterocycles. The molecule has 2 amide bonds. The first-order valence-corrected chi connectivity index (χ1v) is 14.2. The summed E-state index contributed by atoms with van der Waals surface area (Å²) in [4.78, 5) is 62.3. The predicted octanol–water partition coefficient (Wildman–Crippen LogP) is -2.65. The highest BCUT2D eigenvalue weighted by atomic mass is 16.8. The van der Waals surface area contributed by atoms with Crippen molar-refractivity contribution in [1.82, 2.24) is 10.6 Å². The van der Waals surface area contributed by atoms with E-state index in [-0.39, 0.29) is 19.4 Å². The van der Waals surface area contributed by atoms with E-state index in [4.69, 9.17) is 42.6 Å². The van der Waals surface area contributed by atoms with Crippen LogP contribution in [0.25, 0.3) is 0 Å². The number of esters is 3. The number of aliphatic hydroxyl groups excluding tert-OH is 3. The van der Waals surface area contributed by atoms with Gasteiger partial charge in [0.2, 0.25) is 0 Å². The number of alkyl carbamates (subject to hydrolysis) is 2. The zero-order chi connectivity index (χ0) is 33.1. The van der Waals surface area contributed by atoms with E-state index in [0.29, 0.717) is 0 Å². The topological polar surface area (TPSA) is 253 Å². The van der Waals surface area contributed by atoms with E-state index in [9.17, 15) is 39.3 Å². The molecule has 19 heteroatoms. The van der Waals surface area contributed by atoms with Gasteiger partial charge in [-0.15, -0.1) is 0 Å². The van der Waals surface area contributed by atoms with Crippen LogP contribution >= 0.6 is 0 Å². The first-order chi connectivity index (χ1) is 21.3. The van der Waals surface area contributed by atoms with E-state index in [1.54, 1.807) is 6.92 Å². The number of hydrogen-bond donors (Lipinski definition) is 5. The van der Waals surface area contributed by atoms with E-state index in [1.807, 2.05) is 0 Å². The minimum absolute atomic E-state index is 0.0235. The molecule has 0 aromatic rings. The first kappa shape index (κ1) is 34.5. The van der Waals surface area contributed by atoms with Gasteiger partial charge in [0.1, 0.15) is 36.6 Å². The number of aliphatic hydroxyl groups is 3. The lowest BCUT2D eigenvalue weighted by Gasteiger charge is -2.45. The van der Waals surface area contributed by atoms with Crippen LogP contribution < -0.4 is 10.6 Å². The fourth-order valence-corrected chi connectivity index (χ4v) is 5.93. The maximum absolute atomic E-state index is 13.2. The molecule has 11 atom stereocenters. The monoisotopic (exact) mass is 650 g/mol. The Bertz CT molecular complexity index is 1140. The number of fused-ring (bicyclic) bond motifs is 2. The van der Waals surface area contributed by atoms with Gasteiger partial charge in [0.15, 0.2) is 0 Å². The third-order valence-electron chi connectivity index (χ3n) is 7.87. The van der Waals surface area contributed by atoms with Crippen LogP contribution in [0, 0.1) is 0 Å². The summed E-state index contributed by atoms with van der Waals surface area (Å²) in [6.45, 7) is 1.28. The highest BCUT2D eigenvalue weighted by Crippen LogP contribution is 2.40. The zero-order valence-corrected chi connectivity index (χ0v) is 25.0. The van der Waals surface area contributed by atoms with Gasteiger partial charge in [-0.2, -0.15) is 0 Å². The minimum Gasteiger partial charge on any atom is -0.465 e. The molecule has 6 unspecified atom stereocenters. The van der Waals surface area contributed by atoms with E-state index in [1.165, 1.54) is 0 Å². The smallest absolute Gasteiger partial charge is 0.407 e. The number of carbonyl (C=O) groups is 5. The average Bonchev–Trinajstić information content (AvgIpc) is 3.57. The van der Waals surface area contributed by atoms with Crippen molar-refractivity contribution < 1.29 is 81.9 Å². The molecule has 4 rings (SSSR count). The van der Waals surface area contributed by atoms with Crippen molar-refractivity contribution in [2.45, 2.75) is 99.5 Å². The summed E-state index contributed by atoms with van der Waals surface area (Å²) in [7, 11) is 2.15. The number of methoxy groups -OCH3 is 2. The molecule has 4 saturated heterocycles. The summed E-state index contributed by atoms with van der Waals surface area (Å²) in [6.07, 6.45) is -12.0. The Kier molecular flexibility index (Phi) is 10.7. The van der Waals surface area contributed by atoms with E-state index in [2.05, 4.69) is 10.6 Å². The fourth-order valence-electron chi connectivity index (χ4n) is 5.93. The molecule has 5 N–H and O–H groups in total. The van der Waals surface area contributed by atoms with Crippen molar-refractivity contribution in [3.8, 4) is 0 Å². The van der Waals surface area contributed by atoms with Gasteiger partial charge in [-0.25, -0.2) is 19.2 Å². The molecule has 254 valence electrons. The number of hydrogen-bond acceptors (Lipinski definition) is 17. The zero-order valence-electron chi connectivity index (χ0n) is 25.0. The van der Waals surface area contributed by atoms with Gasteiger partial charge < -0.3 is 68.6 Å². The molecule has 4 aliphatic rings. The van der Waals surface area contributed by atoms with Crippen LogP contribution in [0.5, 0.6) is 0 Å². The summed E-state index contributed by atoms with van der Waals surface area (Å²) in [6, 6.07) is -1.87. The van der Waals surface area contributed by atoms with Crippen molar-refractivity contribution in [3.05, 3.63) is 0 Å². The lowest BCUT2D eigenvalue weighted by atomic mass is 9.89. The number of ether oxygens (including phenoxy) is 9. The van der Waals surface area contributed by atoms with Crippen LogP contribution in [-0.4, -0.2) is 146 Å². The van der Waals surface area contributed by atoms with Gasteiger partial charge in [-0.1, -0.05) is 0 Å². The maximum Gasteiger partial charge on any atom is 0.407 e. The number of carbonyl (C=O) groups excluding carboxylic acids is 5. The Morgan fingerprint density at radius 1 is 0.933 bits per heavy atom. The van der Waals surface area contributed by atoms with E-state index < -0.39 is 116 Å². The molecule has 4 fully saturated rings. The van der Waals surface area contributed by atoms with Crippen LogP contribution in [-0.2, 0) is 57.0 Å².